The van der Waals surface area contributed by atoms with Crippen LogP contribution >= 0.6 is 0 Å². The second-order valence-corrected chi connectivity index (χ2v) is 4.07. The van der Waals surface area contributed by atoms with Gasteiger partial charge in [0, 0.05) is 11.1 Å². The third kappa shape index (κ3) is 2.34. The molecule has 0 amide bonds. The topological polar surface area (TPSA) is 59.3 Å². The highest BCUT2D eigenvalue weighted by Crippen LogP contribution is 2.36. The summed E-state index contributed by atoms with van der Waals surface area (Å²) in [5.41, 5.74) is 2.30. The molecule has 0 fully saturated rings. The number of methoxy groups -OCH3 is 2. The lowest BCUT2D eigenvalue weighted by Gasteiger charge is -2.13. The Kier molecular flexibility index (Phi) is 4.02. The molecule has 0 bridgehead atoms. The molecule has 0 spiro atoms. The molecule has 4 nitrogen and oxygen atoms in total. The Labute approximate surface area is 117 Å². The highest BCUT2D eigenvalue weighted by molar-refractivity contribution is 5.87. The molecule has 100 valence electrons. The molecule has 0 aliphatic rings. The predicted molar refractivity (Wildman–Crippen MR) is 75.1 cm³/mol. The third-order valence-electron chi connectivity index (χ3n) is 3.01. The lowest BCUT2D eigenvalue weighted by Crippen LogP contribution is -1.95. The fraction of sp³-hybridized carbons (Fsp3) is 0.125. The number of carbonyl (C=O) groups excluding carboxylic acids is 1. The van der Waals surface area contributed by atoms with Gasteiger partial charge in [-0.1, -0.05) is 12.1 Å². The number of nitrogens with zero attached hydrogens (tertiary/aromatic N) is 1. The van der Waals surface area contributed by atoms with Gasteiger partial charge in [0.05, 0.1) is 31.4 Å². The predicted octanol–water partition coefficient (Wildman–Crippen LogP) is 3.05. The Morgan fingerprint density at radius 2 is 1.90 bits per heavy atom. The molecule has 0 aromatic heterocycles. The Balaban J connectivity index is 2.73. The van der Waals surface area contributed by atoms with Crippen molar-refractivity contribution in [3.8, 4) is 28.7 Å². The molecule has 0 atom stereocenters. The van der Waals surface area contributed by atoms with Crippen LogP contribution in [0, 0.1) is 11.3 Å². The summed E-state index contributed by atoms with van der Waals surface area (Å²) in [5.74, 6) is 1.09. The minimum Gasteiger partial charge on any atom is -0.497 e. The standard InChI is InChI=1S/C16H13NO3/c1-19-13-7-6-11(9-17)15(8-13)14-5-3-4-12(10-18)16(14)20-2/h3-8,10H,1-2H3. The number of carbonyl (C=O) groups is 1. The van der Waals surface area contributed by atoms with Crippen molar-refractivity contribution in [3.63, 3.8) is 0 Å². The quantitative estimate of drug-likeness (QED) is 0.799. The molecular formula is C16H13NO3. The van der Waals surface area contributed by atoms with Gasteiger partial charge in [-0.2, -0.15) is 5.26 Å². The maximum atomic E-state index is 11.1. The van der Waals surface area contributed by atoms with Crippen molar-refractivity contribution < 1.29 is 14.3 Å². The first-order valence-electron chi connectivity index (χ1n) is 5.95. The number of hydrogen-bond acceptors (Lipinski definition) is 4. The van der Waals surface area contributed by atoms with Crippen molar-refractivity contribution in [1.29, 1.82) is 5.26 Å². The van der Waals surface area contributed by atoms with Crippen molar-refractivity contribution >= 4 is 6.29 Å². The van der Waals surface area contributed by atoms with Gasteiger partial charge in [-0.05, 0) is 24.3 Å². The zero-order valence-corrected chi connectivity index (χ0v) is 11.2. The van der Waals surface area contributed by atoms with Gasteiger partial charge in [-0.25, -0.2) is 0 Å². The zero-order valence-electron chi connectivity index (χ0n) is 11.2. The molecule has 2 aromatic carbocycles. The summed E-state index contributed by atoms with van der Waals surface area (Å²) in [6.07, 6.45) is 0.731. The maximum absolute atomic E-state index is 11.1. The minimum absolute atomic E-state index is 0.441. The second kappa shape index (κ2) is 5.89. The number of hydrogen-bond donors (Lipinski definition) is 0. The third-order valence-corrected chi connectivity index (χ3v) is 3.01. The van der Waals surface area contributed by atoms with Crippen LogP contribution in [0.15, 0.2) is 36.4 Å². The first-order chi connectivity index (χ1) is 9.74. The van der Waals surface area contributed by atoms with Gasteiger partial charge in [0.1, 0.15) is 11.5 Å². The molecule has 2 rings (SSSR count). The van der Waals surface area contributed by atoms with Crippen LogP contribution < -0.4 is 9.47 Å². The van der Waals surface area contributed by atoms with E-state index in [1.807, 2.05) is 0 Å². The van der Waals surface area contributed by atoms with Gasteiger partial charge < -0.3 is 9.47 Å². The van der Waals surface area contributed by atoms with Crippen LogP contribution in [0.1, 0.15) is 15.9 Å². The van der Waals surface area contributed by atoms with Crippen LogP contribution in [0.3, 0.4) is 0 Å². The lowest BCUT2D eigenvalue weighted by molar-refractivity contribution is 0.112. The minimum atomic E-state index is 0.441. The first-order valence-corrected chi connectivity index (χ1v) is 5.95. The van der Waals surface area contributed by atoms with Crippen molar-refractivity contribution in [2.75, 3.05) is 14.2 Å². The molecule has 0 saturated carbocycles. The first kappa shape index (κ1) is 13.6. The fourth-order valence-electron chi connectivity index (χ4n) is 2.06. The van der Waals surface area contributed by atoms with E-state index in [2.05, 4.69) is 6.07 Å². The fourth-order valence-corrected chi connectivity index (χ4v) is 2.06. The van der Waals surface area contributed by atoms with Crippen LogP contribution in [-0.2, 0) is 0 Å². The van der Waals surface area contributed by atoms with Crippen LogP contribution in [0.5, 0.6) is 11.5 Å². The van der Waals surface area contributed by atoms with Crippen LogP contribution in [0.2, 0.25) is 0 Å². The number of benzene rings is 2. The molecule has 0 unspecified atom stereocenters. The van der Waals surface area contributed by atoms with Crippen LogP contribution in [0.25, 0.3) is 11.1 Å². The van der Waals surface area contributed by atoms with Crippen molar-refractivity contribution in [3.05, 3.63) is 47.5 Å². The van der Waals surface area contributed by atoms with Gasteiger partial charge in [-0.15, -0.1) is 0 Å². The average molecular weight is 267 g/mol. The van der Waals surface area contributed by atoms with Gasteiger partial charge in [0.2, 0.25) is 0 Å². The maximum Gasteiger partial charge on any atom is 0.153 e. The summed E-state index contributed by atoms with van der Waals surface area (Å²) in [4.78, 5) is 11.1. The van der Waals surface area contributed by atoms with E-state index in [1.54, 1.807) is 43.5 Å². The number of ether oxygens (including phenoxy) is 2. The smallest absolute Gasteiger partial charge is 0.153 e. The number of nitriles is 1. The van der Waals surface area contributed by atoms with Gasteiger partial charge in [-0.3, -0.25) is 4.79 Å². The largest absolute Gasteiger partial charge is 0.497 e. The summed E-state index contributed by atoms with van der Waals surface area (Å²) in [6, 6.07) is 12.5. The lowest BCUT2D eigenvalue weighted by atomic mass is 9.97. The zero-order chi connectivity index (χ0) is 14.5. The molecular weight excluding hydrogens is 254 g/mol. The van der Waals surface area contributed by atoms with E-state index in [-0.39, 0.29) is 0 Å². The SMILES string of the molecule is COc1ccc(C#N)c(-c2cccc(C=O)c2OC)c1. The van der Waals surface area contributed by atoms with E-state index in [1.165, 1.54) is 7.11 Å². The van der Waals surface area contributed by atoms with Crippen LogP contribution in [-0.4, -0.2) is 20.5 Å². The summed E-state index contributed by atoms with van der Waals surface area (Å²) in [7, 11) is 3.06. The van der Waals surface area contributed by atoms with E-state index < -0.39 is 0 Å². The van der Waals surface area contributed by atoms with Crippen molar-refractivity contribution in [2.45, 2.75) is 0 Å². The molecule has 0 N–H and O–H groups in total. The molecule has 2 aromatic rings. The van der Waals surface area contributed by atoms with E-state index in [0.717, 1.165) is 6.29 Å². The number of para-hydroxylation sites is 1. The van der Waals surface area contributed by atoms with Crippen LogP contribution in [0.4, 0.5) is 0 Å². The molecule has 20 heavy (non-hydrogen) atoms. The van der Waals surface area contributed by atoms with E-state index in [4.69, 9.17) is 9.47 Å². The molecule has 4 heteroatoms. The molecule has 0 aliphatic carbocycles. The van der Waals surface area contributed by atoms with Crippen molar-refractivity contribution in [2.24, 2.45) is 0 Å². The Morgan fingerprint density at radius 1 is 1.10 bits per heavy atom. The average Bonchev–Trinajstić information content (AvgIpc) is 2.53. The van der Waals surface area contributed by atoms with Gasteiger partial charge in [0.25, 0.3) is 0 Å². The second-order valence-electron chi connectivity index (χ2n) is 4.07. The molecule has 0 saturated heterocycles. The molecule has 0 aliphatic heterocycles. The van der Waals surface area contributed by atoms with E-state index in [9.17, 15) is 10.1 Å². The molecule has 0 radical (unpaired) electrons. The normalized spacial score (nSPS) is 9.65. The summed E-state index contributed by atoms with van der Waals surface area (Å²) in [5, 5.41) is 9.23. The molecule has 0 heterocycles. The summed E-state index contributed by atoms with van der Waals surface area (Å²) >= 11 is 0. The Bertz CT molecular complexity index is 687. The Hall–Kier alpha value is -2.80. The van der Waals surface area contributed by atoms with Gasteiger partial charge in [0.15, 0.2) is 6.29 Å². The Morgan fingerprint density at radius 3 is 2.50 bits per heavy atom. The highest BCUT2D eigenvalue weighted by Gasteiger charge is 2.14. The highest BCUT2D eigenvalue weighted by atomic mass is 16.5. The summed E-state index contributed by atoms with van der Waals surface area (Å²) in [6.45, 7) is 0. The number of rotatable bonds is 4. The monoisotopic (exact) mass is 267 g/mol. The van der Waals surface area contributed by atoms with Crippen molar-refractivity contribution in [1.82, 2.24) is 0 Å². The summed E-state index contributed by atoms with van der Waals surface area (Å²) < 4.78 is 10.5. The van der Waals surface area contributed by atoms with Gasteiger partial charge >= 0.3 is 0 Å². The number of aldehydes is 1. The van der Waals surface area contributed by atoms with E-state index in [0.29, 0.717) is 33.8 Å². The van der Waals surface area contributed by atoms with E-state index >= 15 is 0 Å².